The zero-order valence-corrected chi connectivity index (χ0v) is 21.4. The first kappa shape index (κ1) is 20.9. The van der Waals surface area contributed by atoms with Crippen molar-refractivity contribution in [2.24, 2.45) is 0 Å². The molecular formula is C34H29Si. The fraction of sp³-hybridized carbons (Fsp3) is 0.147. The number of hydrogen-bond donors (Lipinski definition) is 0. The zero-order valence-electron chi connectivity index (χ0n) is 20.4. The molecule has 0 fully saturated rings. The van der Waals surface area contributed by atoms with Gasteiger partial charge in [0.15, 0.2) is 8.07 Å². The molecule has 3 aromatic rings. The summed E-state index contributed by atoms with van der Waals surface area (Å²) in [6, 6.07) is 30.0. The third-order valence-corrected chi connectivity index (χ3v) is 13.4. The fourth-order valence-corrected chi connectivity index (χ4v) is 12.6. The van der Waals surface area contributed by atoms with Crippen molar-refractivity contribution in [2.45, 2.75) is 33.1 Å². The van der Waals surface area contributed by atoms with E-state index in [0.29, 0.717) is 0 Å². The van der Waals surface area contributed by atoms with E-state index in [1.165, 1.54) is 49.4 Å². The molecule has 0 N–H and O–H groups in total. The van der Waals surface area contributed by atoms with Gasteiger partial charge in [-0.15, -0.1) is 0 Å². The highest BCUT2D eigenvalue weighted by molar-refractivity contribution is 7.16. The Balaban J connectivity index is 1.58. The molecule has 2 aliphatic carbocycles. The van der Waals surface area contributed by atoms with Crippen LogP contribution in [0.3, 0.4) is 0 Å². The van der Waals surface area contributed by atoms with Gasteiger partial charge in [0.2, 0.25) is 0 Å². The standard InChI is InChI=1S/C34H29Si/c1-3-23-19-20-29-25(21-23)22-30-32(29)31(24-13-11-12-14-24)34-28(4-2)33(30)35(34,26-15-7-5-8-16-26)27-17-9-6-10-18-27/h5-13,15-22H,3-4,14H2,1-2H3. The van der Waals surface area contributed by atoms with Gasteiger partial charge in [0.1, 0.15) is 0 Å². The van der Waals surface area contributed by atoms with Gasteiger partial charge in [0.05, 0.1) is 0 Å². The van der Waals surface area contributed by atoms with Crippen molar-refractivity contribution in [3.63, 3.8) is 0 Å². The van der Waals surface area contributed by atoms with Crippen molar-refractivity contribution in [1.82, 2.24) is 0 Å². The van der Waals surface area contributed by atoms with E-state index in [-0.39, 0.29) is 0 Å². The maximum absolute atomic E-state index is 2.53. The number of rotatable bonds is 5. The molecule has 4 aliphatic rings. The van der Waals surface area contributed by atoms with Crippen molar-refractivity contribution in [3.05, 3.63) is 153 Å². The van der Waals surface area contributed by atoms with Gasteiger partial charge in [-0.05, 0) is 84.6 Å². The van der Waals surface area contributed by atoms with Crippen molar-refractivity contribution in [1.29, 1.82) is 0 Å². The Hall–Kier alpha value is -3.42. The van der Waals surface area contributed by atoms with Crippen molar-refractivity contribution >= 4 is 24.0 Å². The quantitative estimate of drug-likeness (QED) is 0.362. The minimum atomic E-state index is -2.30. The van der Waals surface area contributed by atoms with Crippen LogP contribution >= 0.6 is 0 Å². The summed E-state index contributed by atoms with van der Waals surface area (Å²) in [5.41, 5.74) is 11.9. The van der Waals surface area contributed by atoms with Crippen LogP contribution in [0.5, 0.6) is 0 Å². The Bertz CT molecular complexity index is 1480. The molecule has 0 atom stereocenters. The topological polar surface area (TPSA) is 0 Å². The molecule has 7 rings (SSSR count). The number of benzene rings is 3. The largest absolute Gasteiger partial charge is 0.181 e. The molecule has 0 aromatic heterocycles. The first-order chi connectivity index (χ1) is 17.3. The SMILES string of the molecule is CCC1=C2C3=C(C(C4=CC=CC4)=C1[Si]2(c1ccccc1)c1ccccc1)c1ccc(CC)cc1[CH]3. The highest BCUT2D eigenvalue weighted by atomic mass is 28.3. The van der Waals surface area contributed by atoms with Crippen LogP contribution in [0.2, 0.25) is 0 Å². The minimum Gasteiger partial charge on any atom is -0.0801 e. The van der Waals surface area contributed by atoms with Crippen LogP contribution in [0.15, 0.2) is 130 Å². The van der Waals surface area contributed by atoms with Gasteiger partial charge in [0, 0.05) is 6.42 Å². The van der Waals surface area contributed by atoms with Crippen LogP contribution in [-0.2, 0) is 6.42 Å². The summed E-state index contributed by atoms with van der Waals surface area (Å²) in [7, 11) is -2.30. The van der Waals surface area contributed by atoms with Gasteiger partial charge in [0.25, 0.3) is 0 Å². The Morgan fingerprint density at radius 1 is 0.743 bits per heavy atom. The lowest BCUT2D eigenvalue weighted by atomic mass is 9.84. The molecule has 169 valence electrons. The molecule has 1 radical (unpaired) electrons. The molecule has 0 spiro atoms. The fourth-order valence-electron chi connectivity index (χ4n) is 6.91. The summed E-state index contributed by atoms with van der Waals surface area (Å²) in [6.45, 7) is 4.61. The van der Waals surface area contributed by atoms with Crippen molar-refractivity contribution < 1.29 is 0 Å². The molecule has 0 nitrogen and oxygen atoms in total. The second-order valence-corrected chi connectivity index (χ2v) is 13.6. The molecule has 0 amide bonds. The van der Waals surface area contributed by atoms with E-state index in [1.54, 1.807) is 16.0 Å². The molecular weight excluding hydrogens is 436 g/mol. The summed E-state index contributed by atoms with van der Waals surface area (Å²) in [4.78, 5) is 0. The second-order valence-electron chi connectivity index (χ2n) is 9.97. The molecule has 2 heterocycles. The summed E-state index contributed by atoms with van der Waals surface area (Å²) < 4.78 is 0. The van der Waals surface area contributed by atoms with E-state index in [2.05, 4.69) is 117 Å². The lowest BCUT2D eigenvalue weighted by Crippen LogP contribution is -2.69. The van der Waals surface area contributed by atoms with Crippen LogP contribution in [0.4, 0.5) is 0 Å². The predicted octanol–water partition coefficient (Wildman–Crippen LogP) is 6.83. The van der Waals surface area contributed by atoms with Crippen molar-refractivity contribution in [2.75, 3.05) is 0 Å². The molecule has 0 unspecified atom stereocenters. The van der Waals surface area contributed by atoms with Gasteiger partial charge in [-0.3, -0.25) is 0 Å². The molecule has 3 aromatic carbocycles. The molecule has 35 heavy (non-hydrogen) atoms. The smallest absolute Gasteiger partial charge is 0.0801 e. The first-order valence-corrected chi connectivity index (χ1v) is 15.0. The Morgan fingerprint density at radius 2 is 1.46 bits per heavy atom. The Labute approximate surface area is 209 Å². The molecule has 2 aliphatic heterocycles. The van der Waals surface area contributed by atoms with Crippen molar-refractivity contribution in [3.8, 4) is 0 Å². The molecule has 1 heteroatoms. The van der Waals surface area contributed by atoms with Gasteiger partial charge < -0.3 is 0 Å². The van der Waals surface area contributed by atoms with Crippen LogP contribution in [0, 0.1) is 6.42 Å². The van der Waals surface area contributed by atoms with Gasteiger partial charge in [-0.1, -0.05) is 111 Å². The Morgan fingerprint density at radius 3 is 2.06 bits per heavy atom. The van der Waals surface area contributed by atoms with Crippen LogP contribution in [-0.4, -0.2) is 8.07 Å². The number of aryl methyl sites for hydroxylation is 1. The van der Waals surface area contributed by atoms with Crippen LogP contribution in [0.1, 0.15) is 43.4 Å². The molecule has 2 bridgehead atoms. The maximum atomic E-state index is 2.53. The van der Waals surface area contributed by atoms with E-state index in [0.717, 1.165) is 19.3 Å². The third kappa shape index (κ3) is 2.68. The second kappa shape index (κ2) is 7.80. The minimum absolute atomic E-state index is 1.03. The highest BCUT2D eigenvalue weighted by Crippen LogP contribution is 2.61. The summed E-state index contributed by atoms with van der Waals surface area (Å²) >= 11 is 0. The van der Waals surface area contributed by atoms with E-state index in [1.807, 2.05) is 0 Å². The first-order valence-electron chi connectivity index (χ1n) is 13.0. The lowest BCUT2D eigenvalue weighted by molar-refractivity contribution is 1.07. The van der Waals surface area contributed by atoms with E-state index >= 15 is 0 Å². The van der Waals surface area contributed by atoms with Gasteiger partial charge in [-0.25, -0.2) is 0 Å². The number of hydrogen-bond acceptors (Lipinski definition) is 0. The highest BCUT2D eigenvalue weighted by Gasteiger charge is 2.60. The average Bonchev–Trinajstić information content (AvgIpc) is 3.57. The van der Waals surface area contributed by atoms with E-state index in [9.17, 15) is 0 Å². The van der Waals surface area contributed by atoms with E-state index in [4.69, 9.17) is 0 Å². The van der Waals surface area contributed by atoms with Gasteiger partial charge >= 0.3 is 0 Å². The molecule has 0 saturated carbocycles. The summed E-state index contributed by atoms with van der Waals surface area (Å²) in [6.07, 6.45) is 12.7. The van der Waals surface area contributed by atoms with E-state index < -0.39 is 8.07 Å². The number of fused-ring (bicyclic) bond motifs is 5. The maximum Gasteiger partial charge on any atom is 0.181 e. The zero-order chi connectivity index (χ0) is 23.6. The van der Waals surface area contributed by atoms with Crippen LogP contribution in [0.25, 0.3) is 5.57 Å². The summed E-state index contributed by atoms with van der Waals surface area (Å²) in [5.74, 6) is 0. The monoisotopic (exact) mass is 465 g/mol. The average molecular weight is 466 g/mol. The number of allylic oxidation sites excluding steroid dienone is 10. The molecule has 0 saturated heterocycles. The summed E-state index contributed by atoms with van der Waals surface area (Å²) in [5, 5.41) is 6.36. The lowest BCUT2D eigenvalue weighted by Gasteiger charge is -2.53. The van der Waals surface area contributed by atoms with Crippen LogP contribution < -0.4 is 10.4 Å². The predicted molar refractivity (Wildman–Crippen MR) is 150 cm³/mol. The van der Waals surface area contributed by atoms with Gasteiger partial charge in [-0.2, -0.15) is 0 Å². The normalized spacial score (nSPS) is 19.1. The third-order valence-electron chi connectivity index (χ3n) is 8.35. The Kier molecular flexibility index (Phi) is 4.66.